The SMILES string of the molecule is Fc1ccccc1-c1cccc2ccc(N3CCN(Cc4cccnc4)CC3)nc12. The Labute approximate surface area is 175 Å². The van der Waals surface area contributed by atoms with Crippen LogP contribution in [0, 0.1) is 5.82 Å². The first-order valence-corrected chi connectivity index (χ1v) is 10.3. The number of aromatic nitrogens is 2. The van der Waals surface area contributed by atoms with Gasteiger partial charge < -0.3 is 4.90 Å². The number of nitrogens with zero attached hydrogens (tertiary/aromatic N) is 4. The van der Waals surface area contributed by atoms with Gasteiger partial charge in [-0.15, -0.1) is 0 Å². The molecule has 0 N–H and O–H groups in total. The first-order valence-electron chi connectivity index (χ1n) is 10.3. The third kappa shape index (κ3) is 3.76. The summed E-state index contributed by atoms with van der Waals surface area (Å²) in [5.74, 6) is 0.730. The molecule has 4 nitrogen and oxygen atoms in total. The molecule has 4 aromatic rings. The van der Waals surface area contributed by atoms with Crippen LogP contribution < -0.4 is 4.90 Å². The highest BCUT2D eigenvalue weighted by molar-refractivity contribution is 5.94. The molecule has 2 aromatic heterocycles. The normalized spacial score (nSPS) is 14.9. The Morgan fingerprint density at radius 3 is 2.43 bits per heavy atom. The highest BCUT2D eigenvalue weighted by Crippen LogP contribution is 2.31. The first-order chi connectivity index (χ1) is 14.8. The maximum absolute atomic E-state index is 14.4. The van der Waals surface area contributed by atoms with Crippen molar-refractivity contribution in [3.8, 4) is 11.1 Å². The predicted octanol–water partition coefficient (Wildman–Crippen LogP) is 4.76. The van der Waals surface area contributed by atoms with Crippen molar-refractivity contribution in [3.63, 3.8) is 0 Å². The van der Waals surface area contributed by atoms with Crippen LogP contribution in [-0.2, 0) is 6.54 Å². The van der Waals surface area contributed by atoms with E-state index in [1.807, 2.05) is 48.8 Å². The van der Waals surface area contributed by atoms with Crippen LogP contribution in [0.5, 0.6) is 0 Å². The molecule has 5 heteroatoms. The average molecular weight is 398 g/mol. The van der Waals surface area contributed by atoms with Crippen LogP contribution in [0.15, 0.2) is 79.1 Å². The highest BCUT2D eigenvalue weighted by Gasteiger charge is 2.19. The summed E-state index contributed by atoms with van der Waals surface area (Å²) in [7, 11) is 0. The fourth-order valence-electron chi connectivity index (χ4n) is 4.09. The standard InChI is InChI=1S/C25H23FN4/c26-23-9-2-1-7-21(23)22-8-3-6-20-10-11-24(28-25(20)22)30-15-13-29(14-16-30)18-19-5-4-12-27-17-19/h1-12,17H,13-16,18H2. The lowest BCUT2D eigenvalue weighted by Crippen LogP contribution is -2.46. The molecule has 2 aromatic carbocycles. The number of benzene rings is 2. The Balaban J connectivity index is 1.38. The average Bonchev–Trinajstić information content (AvgIpc) is 2.80. The molecule has 0 unspecified atom stereocenters. The number of anilines is 1. The number of para-hydroxylation sites is 1. The van der Waals surface area contributed by atoms with Gasteiger partial charge in [0, 0.05) is 61.6 Å². The monoisotopic (exact) mass is 398 g/mol. The lowest BCUT2D eigenvalue weighted by Gasteiger charge is -2.35. The third-order valence-corrected chi connectivity index (χ3v) is 5.69. The van der Waals surface area contributed by atoms with Gasteiger partial charge in [-0.25, -0.2) is 9.37 Å². The zero-order chi connectivity index (χ0) is 20.3. The Hall–Kier alpha value is -3.31. The minimum atomic E-state index is -0.221. The van der Waals surface area contributed by atoms with Crippen molar-refractivity contribution in [2.75, 3.05) is 31.1 Å². The van der Waals surface area contributed by atoms with Gasteiger partial charge in [-0.1, -0.05) is 42.5 Å². The predicted molar refractivity (Wildman–Crippen MR) is 119 cm³/mol. The van der Waals surface area contributed by atoms with E-state index < -0.39 is 0 Å². The van der Waals surface area contributed by atoms with Crippen molar-refractivity contribution in [1.29, 1.82) is 0 Å². The second-order valence-corrected chi connectivity index (χ2v) is 7.65. The van der Waals surface area contributed by atoms with Gasteiger partial charge in [-0.05, 0) is 29.8 Å². The van der Waals surface area contributed by atoms with E-state index in [2.05, 4.69) is 33.0 Å². The van der Waals surface area contributed by atoms with E-state index in [0.717, 1.165) is 55.0 Å². The number of pyridine rings is 2. The van der Waals surface area contributed by atoms with Gasteiger partial charge in [0.2, 0.25) is 0 Å². The molecule has 0 atom stereocenters. The van der Waals surface area contributed by atoms with E-state index in [1.165, 1.54) is 11.6 Å². The summed E-state index contributed by atoms with van der Waals surface area (Å²) in [5, 5.41) is 1.02. The summed E-state index contributed by atoms with van der Waals surface area (Å²) in [5.41, 5.74) is 3.51. The molecule has 1 saturated heterocycles. The maximum atomic E-state index is 14.4. The summed E-state index contributed by atoms with van der Waals surface area (Å²) in [6.45, 7) is 4.71. The quantitative estimate of drug-likeness (QED) is 0.496. The van der Waals surface area contributed by atoms with Crippen LogP contribution in [0.3, 0.4) is 0 Å². The van der Waals surface area contributed by atoms with E-state index in [4.69, 9.17) is 4.98 Å². The Kier molecular flexibility index (Phi) is 5.11. The van der Waals surface area contributed by atoms with Crippen molar-refractivity contribution >= 4 is 16.7 Å². The summed E-state index contributed by atoms with van der Waals surface area (Å²) >= 11 is 0. The molecule has 30 heavy (non-hydrogen) atoms. The number of fused-ring (bicyclic) bond motifs is 1. The zero-order valence-corrected chi connectivity index (χ0v) is 16.7. The largest absolute Gasteiger partial charge is 0.354 e. The van der Waals surface area contributed by atoms with Crippen LogP contribution in [0.2, 0.25) is 0 Å². The topological polar surface area (TPSA) is 32.3 Å². The van der Waals surface area contributed by atoms with Crippen LogP contribution >= 0.6 is 0 Å². The highest BCUT2D eigenvalue weighted by atomic mass is 19.1. The molecule has 150 valence electrons. The Bertz CT molecular complexity index is 1150. The molecular formula is C25H23FN4. The van der Waals surface area contributed by atoms with Crippen molar-refractivity contribution in [3.05, 3.63) is 90.5 Å². The van der Waals surface area contributed by atoms with E-state index in [9.17, 15) is 4.39 Å². The number of halogens is 1. The minimum absolute atomic E-state index is 0.221. The third-order valence-electron chi connectivity index (χ3n) is 5.69. The molecule has 1 aliphatic rings. The summed E-state index contributed by atoms with van der Waals surface area (Å²) in [6.07, 6.45) is 3.74. The zero-order valence-electron chi connectivity index (χ0n) is 16.7. The summed E-state index contributed by atoms with van der Waals surface area (Å²) in [4.78, 5) is 13.9. The second kappa shape index (κ2) is 8.20. The van der Waals surface area contributed by atoms with Crippen LogP contribution in [0.1, 0.15) is 5.56 Å². The van der Waals surface area contributed by atoms with Gasteiger partial charge in [0.1, 0.15) is 11.6 Å². The number of piperazine rings is 1. The van der Waals surface area contributed by atoms with Gasteiger partial charge >= 0.3 is 0 Å². The summed E-state index contributed by atoms with van der Waals surface area (Å²) in [6, 6.07) is 21.1. The number of hydrogen-bond acceptors (Lipinski definition) is 4. The Morgan fingerprint density at radius 1 is 0.800 bits per heavy atom. The van der Waals surface area contributed by atoms with Crippen LogP contribution in [-0.4, -0.2) is 41.0 Å². The molecular weight excluding hydrogens is 375 g/mol. The van der Waals surface area contributed by atoms with Gasteiger partial charge in [0.25, 0.3) is 0 Å². The molecule has 0 saturated carbocycles. The molecule has 1 fully saturated rings. The maximum Gasteiger partial charge on any atom is 0.131 e. The molecule has 5 rings (SSSR count). The lowest BCUT2D eigenvalue weighted by molar-refractivity contribution is 0.249. The van der Waals surface area contributed by atoms with Crippen molar-refractivity contribution < 1.29 is 4.39 Å². The van der Waals surface area contributed by atoms with Gasteiger partial charge in [0.05, 0.1) is 5.52 Å². The van der Waals surface area contributed by atoms with Crippen LogP contribution in [0.4, 0.5) is 10.2 Å². The molecule has 0 aliphatic carbocycles. The van der Waals surface area contributed by atoms with E-state index >= 15 is 0 Å². The molecule has 0 spiro atoms. The van der Waals surface area contributed by atoms with Crippen molar-refractivity contribution in [1.82, 2.24) is 14.9 Å². The number of rotatable bonds is 4. The van der Waals surface area contributed by atoms with E-state index in [1.54, 1.807) is 6.07 Å². The summed E-state index contributed by atoms with van der Waals surface area (Å²) < 4.78 is 14.4. The minimum Gasteiger partial charge on any atom is -0.354 e. The molecule has 0 bridgehead atoms. The van der Waals surface area contributed by atoms with Gasteiger partial charge in [-0.3, -0.25) is 9.88 Å². The Morgan fingerprint density at radius 2 is 1.63 bits per heavy atom. The molecule has 0 amide bonds. The van der Waals surface area contributed by atoms with Gasteiger partial charge in [0.15, 0.2) is 0 Å². The second-order valence-electron chi connectivity index (χ2n) is 7.65. The van der Waals surface area contributed by atoms with E-state index in [-0.39, 0.29) is 5.82 Å². The van der Waals surface area contributed by atoms with Gasteiger partial charge in [-0.2, -0.15) is 0 Å². The van der Waals surface area contributed by atoms with Crippen LogP contribution in [0.25, 0.3) is 22.0 Å². The molecule has 1 aliphatic heterocycles. The lowest BCUT2D eigenvalue weighted by atomic mass is 10.0. The molecule has 0 radical (unpaired) electrons. The van der Waals surface area contributed by atoms with Crippen molar-refractivity contribution in [2.24, 2.45) is 0 Å². The smallest absolute Gasteiger partial charge is 0.131 e. The fourth-order valence-corrected chi connectivity index (χ4v) is 4.09. The van der Waals surface area contributed by atoms with E-state index in [0.29, 0.717) is 5.56 Å². The first kappa shape index (κ1) is 18.7. The van der Waals surface area contributed by atoms with Crippen molar-refractivity contribution in [2.45, 2.75) is 6.54 Å². The molecule has 3 heterocycles. The number of hydrogen-bond donors (Lipinski definition) is 0. The fraction of sp³-hybridized carbons (Fsp3) is 0.200.